The van der Waals surface area contributed by atoms with Gasteiger partial charge in [-0.15, -0.1) is 0 Å². The lowest BCUT2D eigenvalue weighted by atomic mass is 9.99. The van der Waals surface area contributed by atoms with E-state index in [-0.39, 0.29) is 35.5 Å². The standard InChI is InChI=1S/C18H16FNO3/c1-11(12-5-3-2-4-6-12)20-18(22)17-10-15(21)14-9-13(19)7-8-16(14)23-17/h2-9,11,17H,10H2,1H3,(H,20,22)/t11-,17-/m0/s1. The topological polar surface area (TPSA) is 55.4 Å². The van der Waals surface area contributed by atoms with Crippen LogP contribution in [0.3, 0.4) is 0 Å². The number of ether oxygens (including phenoxy) is 1. The van der Waals surface area contributed by atoms with Crippen LogP contribution in [0.4, 0.5) is 4.39 Å². The van der Waals surface area contributed by atoms with E-state index >= 15 is 0 Å². The molecule has 4 nitrogen and oxygen atoms in total. The Balaban J connectivity index is 1.72. The minimum Gasteiger partial charge on any atom is -0.479 e. The van der Waals surface area contributed by atoms with Crippen LogP contribution < -0.4 is 10.1 Å². The van der Waals surface area contributed by atoms with E-state index in [0.29, 0.717) is 0 Å². The van der Waals surface area contributed by atoms with Crippen molar-refractivity contribution < 1.29 is 18.7 Å². The summed E-state index contributed by atoms with van der Waals surface area (Å²) in [5.41, 5.74) is 1.15. The SMILES string of the molecule is C[C@H](NC(=O)[C@@H]1CC(=O)c2cc(F)ccc2O1)c1ccccc1. The van der Waals surface area contributed by atoms with E-state index in [0.717, 1.165) is 11.6 Å². The van der Waals surface area contributed by atoms with Crippen molar-refractivity contribution in [1.29, 1.82) is 0 Å². The summed E-state index contributed by atoms with van der Waals surface area (Å²) in [7, 11) is 0. The zero-order valence-corrected chi connectivity index (χ0v) is 12.6. The maximum absolute atomic E-state index is 13.2. The number of hydrogen-bond acceptors (Lipinski definition) is 3. The normalized spacial score (nSPS) is 17.8. The molecule has 0 unspecified atom stereocenters. The third kappa shape index (κ3) is 3.23. The molecule has 1 N–H and O–H groups in total. The van der Waals surface area contributed by atoms with Crippen LogP contribution in [0.1, 0.15) is 35.3 Å². The molecule has 0 saturated heterocycles. The van der Waals surface area contributed by atoms with E-state index in [4.69, 9.17) is 4.74 Å². The lowest BCUT2D eigenvalue weighted by Gasteiger charge is -2.26. The van der Waals surface area contributed by atoms with Crippen molar-refractivity contribution in [2.45, 2.75) is 25.5 Å². The molecule has 0 saturated carbocycles. The van der Waals surface area contributed by atoms with Gasteiger partial charge in [0.25, 0.3) is 5.91 Å². The zero-order chi connectivity index (χ0) is 16.4. The van der Waals surface area contributed by atoms with Crippen molar-refractivity contribution >= 4 is 11.7 Å². The Morgan fingerprint density at radius 1 is 1.26 bits per heavy atom. The van der Waals surface area contributed by atoms with Gasteiger partial charge in [0.1, 0.15) is 11.6 Å². The van der Waals surface area contributed by atoms with E-state index in [1.165, 1.54) is 12.1 Å². The van der Waals surface area contributed by atoms with Crippen LogP contribution in [-0.2, 0) is 4.79 Å². The van der Waals surface area contributed by atoms with Crippen molar-refractivity contribution in [1.82, 2.24) is 5.32 Å². The molecular weight excluding hydrogens is 297 g/mol. The molecule has 118 valence electrons. The lowest BCUT2D eigenvalue weighted by molar-refractivity contribution is -0.128. The van der Waals surface area contributed by atoms with Gasteiger partial charge in [-0.2, -0.15) is 0 Å². The predicted molar refractivity (Wildman–Crippen MR) is 82.8 cm³/mol. The van der Waals surface area contributed by atoms with Crippen LogP contribution in [0.25, 0.3) is 0 Å². The van der Waals surface area contributed by atoms with Crippen molar-refractivity contribution in [3.05, 3.63) is 65.5 Å². The summed E-state index contributed by atoms with van der Waals surface area (Å²) in [6, 6.07) is 13.0. The number of nitrogens with one attached hydrogen (secondary N) is 1. The molecular formula is C18H16FNO3. The zero-order valence-electron chi connectivity index (χ0n) is 12.6. The molecule has 1 aliphatic rings. The third-order valence-corrected chi connectivity index (χ3v) is 3.83. The Labute approximate surface area is 133 Å². The average Bonchev–Trinajstić information content (AvgIpc) is 2.56. The minimum atomic E-state index is -0.897. The van der Waals surface area contributed by atoms with Crippen molar-refractivity contribution in [2.75, 3.05) is 0 Å². The van der Waals surface area contributed by atoms with Crippen molar-refractivity contribution in [3.8, 4) is 5.75 Å². The van der Waals surface area contributed by atoms with Gasteiger partial charge in [-0.05, 0) is 30.7 Å². The van der Waals surface area contributed by atoms with E-state index in [9.17, 15) is 14.0 Å². The first-order valence-corrected chi connectivity index (χ1v) is 7.39. The Morgan fingerprint density at radius 2 is 2.00 bits per heavy atom. The van der Waals surface area contributed by atoms with Crippen molar-refractivity contribution in [2.24, 2.45) is 0 Å². The third-order valence-electron chi connectivity index (χ3n) is 3.83. The molecule has 2 atom stereocenters. The molecule has 0 fully saturated rings. The molecule has 5 heteroatoms. The Morgan fingerprint density at radius 3 is 2.74 bits per heavy atom. The average molecular weight is 313 g/mol. The Hall–Kier alpha value is -2.69. The van der Waals surface area contributed by atoms with Gasteiger partial charge in [-0.1, -0.05) is 30.3 Å². The molecule has 1 aliphatic heterocycles. The monoisotopic (exact) mass is 313 g/mol. The molecule has 23 heavy (non-hydrogen) atoms. The van der Waals surface area contributed by atoms with Crippen LogP contribution in [0.5, 0.6) is 5.75 Å². The fourth-order valence-electron chi connectivity index (χ4n) is 2.57. The molecule has 2 aromatic rings. The van der Waals surface area contributed by atoms with Crippen LogP contribution in [0, 0.1) is 5.82 Å². The number of carbonyl (C=O) groups is 2. The number of benzene rings is 2. The number of carbonyl (C=O) groups excluding carboxylic acids is 2. The van der Waals surface area contributed by atoms with Crippen LogP contribution >= 0.6 is 0 Å². The summed E-state index contributed by atoms with van der Waals surface area (Å²) in [4.78, 5) is 24.4. The quantitative estimate of drug-likeness (QED) is 0.947. The van der Waals surface area contributed by atoms with E-state index < -0.39 is 11.9 Å². The number of ketones is 1. The molecule has 0 bridgehead atoms. The summed E-state index contributed by atoms with van der Waals surface area (Å²) >= 11 is 0. The molecule has 1 amide bonds. The van der Waals surface area contributed by atoms with Gasteiger partial charge in [-0.25, -0.2) is 4.39 Å². The Bertz CT molecular complexity index is 745. The molecule has 3 rings (SSSR count). The minimum absolute atomic E-state index is 0.0935. The summed E-state index contributed by atoms with van der Waals surface area (Å²) in [5, 5.41) is 2.84. The fraction of sp³-hybridized carbons (Fsp3) is 0.222. The first kappa shape index (κ1) is 15.2. The highest BCUT2D eigenvalue weighted by Crippen LogP contribution is 2.28. The molecule has 0 spiro atoms. The second kappa shape index (κ2) is 6.20. The van der Waals surface area contributed by atoms with Crippen LogP contribution in [0.15, 0.2) is 48.5 Å². The molecule has 2 aromatic carbocycles. The number of Topliss-reactive ketones (excluding diaryl/α,β-unsaturated/α-hetero) is 1. The highest BCUT2D eigenvalue weighted by Gasteiger charge is 2.32. The fourth-order valence-corrected chi connectivity index (χ4v) is 2.57. The predicted octanol–water partition coefficient (Wildman–Crippen LogP) is 3.04. The van der Waals surface area contributed by atoms with E-state index in [1.54, 1.807) is 0 Å². The van der Waals surface area contributed by atoms with Gasteiger partial charge in [0, 0.05) is 0 Å². The highest BCUT2D eigenvalue weighted by molar-refractivity contribution is 6.03. The van der Waals surface area contributed by atoms with Gasteiger partial charge < -0.3 is 10.1 Å². The van der Waals surface area contributed by atoms with Gasteiger partial charge in [0.2, 0.25) is 0 Å². The van der Waals surface area contributed by atoms with Gasteiger partial charge in [-0.3, -0.25) is 9.59 Å². The van der Waals surface area contributed by atoms with Gasteiger partial charge in [0.05, 0.1) is 18.0 Å². The first-order valence-electron chi connectivity index (χ1n) is 7.39. The number of amides is 1. The highest BCUT2D eigenvalue weighted by atomic mass is 19.1. The summed E-state index contributed by atoms with van der Waals surface area (Å²) < 4.78 is 18.8. The van der Waals surface area contributed by atoms with Crippen LogP contribution in [-0.4, -0.2) is 17.8 Å². The maximum atomic E-state index is 13.2. The number of rotatable bonds is 3. The number of halogens is 1. The second-order valence-corrected chi connectivity index (χ2v) is 5.52. The van der Waals surface area contributed by atoms with Crippen LogP contribution in [0.2, 0.25) is 0 Å². The van der Waals surface area contributed by atoms with E-state index in [2.05, 4.69) is 5.32 Å². The second-order valence-electron chi connectivity index (χ2n) is 5.52. The molecule has 0 radical (unpaired) electrons. The summed E-state index contributed by atoms with van der Waals surface area (Å²) in [5.74, 6) is -0.903. The lowest BCUT2D eigenvalue weighted by Crippen LogP contribution is -2.42. The smallest absolute Gasteiger partial charge is 0.262 e. The summed E-state index contributed by atoms with van der Waals surface area (Å²) in [6.45, 7) is 1.86. The largest absolute Gasteiger partial charge is 0.479 e. The Kier molecular flexibility index (Phi) is 4.10. The molecule has 0 aromatic heterocycles. The summed E-state index contributed by atoms with van der Waals surface area (Å²) in [6.07, 6.45) is -0.990. The van der Waals surface area contributed by atoms with Crippen molar-refractivity contribution in [3.63, 3.8) is 0 Å². The number of hydrogen-bond donors (Lipinski definition) is 1. The molecule has 0 aliphatic carbocycles. The molecule has 1 heterocycles. The van der Waals surface area contributed by atoms with Gasteiger partial charge >= 0.3 is 0 Å². The van der Waals surface area contributed by atoms with E-state index in [1.807, 2.05) is 37.3 Å². The first-order chi connectivity index (χ1) is 11.0. The maximum Gasteiger partial charge on any atom is 0.262 e. The van der Waals surface area contributed by atoms with Gasteiger partial charge in [0.15, 0.2) is 11.9 Å². The number of fused-ring (bicyclic) bond motifs is 1.